The number of rotatable bonds is 3. The number of fused-ring (bicyclic) bond motifs is 10. The Balaban J connectivity index is 0.000000146. The number of furan rings is 1. The fourth-order valence-electron chi connectivity index (χ4n) is 14.1. The van der Waals surface area contributed by atoms with Crippen LogP contribution in [0.5, 0.6) is 0 Å². The van der Waals surface area contributed by atoms with Gasteiger partial charge in [-0.3, -0.25) is 14.4 Å². The van der Waals surface area contributed by atoms with Crippen molar-refractivity contribution in [1.29, 1.82) is 0 Å². The molecule has 9 rings (SSSR count). The lowest BCUT2D eigenvalue weighted by atomic mass is 9.45. The number of hydrogen-bond acceptors (Lipinski definition) is 8. The highest BCUT2D eigenvalue weighted by Crippen LogP contribution is 2.72. The second kappa shape index (κ2) is 11.4. The van der Waals surface area contributed by atoms with Crippen LogP contribution in [0.15, 0.2) is 40.5 Å². The first-order chi connectivity index (χ1) is 23.6. The summed E-state index contributed by atoms with van der Waals surface area (Å²) in [5, 5.41) is 40.9. The highest BCUT2D eigenvalue weighted by molar-refractivity contribution is 6.23. The van der Waals surface area contributed by atoms with Crippen LogP contribution in [0, 0.1) is 51.2 Å². The third kappa shape index (κ3) is 4.53. The van der Waals surface area contributed by atoms with Crippen LogP contribution in [0.1, 0.15) is 109 Å². The van der Waals surface area contributed by atoms with Crippen LogP contribution in [0.4, 0.5) is 0 Å². The second-order valence-corrected chi connectivity index (χ2v) is 18.9. The summed E-state index contributed by atoms with van der Waals surface area (Å²) in [5.41, 5.74) is -1.12. The van der Waals surface area contributed by atoms with E-state index in [0.29, 0.717) is 36.0 Å². The first kappa shape index (κ1) is 35.0. The number of Topliss-reactive ketones (excluding diaryl/α,β-unsaturated/α-hetero) is 2. The standard InChI is InChI=1S/C21H25ClO5.C20H28O3/c1-19-5-3-11(24)7-14(19)15(22)8-12-13-4-6-21(27,17(26)10-23)20(13,2)9-16(25)18(12)19;1-18-7-5-16-14(6-9-23-16)15(18)4-8-19-10-13(2-3-17(18)19)20(22,11-19)12-21/h3,5,7,12-13,15,18,23,27H,4,6,8-10H2,1-2H3;6,9,13,15,17,21-22H,2-5,7-8,10-12H2,1H3/t12-,13-,15-,18+,19-,20-,21-;13-,15-,17+,18-,19+,20+/m01/s1. The van der Waals surface area contributed by atoms with E-state index < -0.39 is 34.4 Å². The van der Waals surface area contributed by atoms with Gasteiger partial charge in [-0.15, -0.1) is 11.6 Å². The molecular formula is C41H53ClO8. The monoisotopic (exact) mass is 708 g/mol. The molecule has 1 heterocycles. The Morgan fingerprint density at radius 1 is 1.04 bits per heavy atom. The van der Waals surface area contributed by atoms with Crippen LogP contribution in [0.3, 0.4) is 0 Å². The van der Waals surface area contributed by atoms with Gasteiger partial charge in [0, 0.05) is 29.6 Å². The molecule has 0 radical (unpaired) electrons. The molecular weight excluding hydrogens is 656 g/mol. The summed E-state index contributed by atoms with van der Waals surface area (Å²) in [7, 11) is 0. The van der Waals surface area contributed by atoms with Crippen molar-refractivity contribution in [2.45, 2.75) is 120 Å². The summed E-state index contributed by atoms with van der Waals surface area (Å²) in [4.78, 5) is 37.6. The Morgan fingerprint density at radius 3 is 2.56 bits per heavy atom. The topological polar surface area (TPSA) is 145 Å². The molecule has 8 aliphatic carbocycles. The number of aliphatic hydroxyl groups excluding tert-OH is 2. The van der Waals surface area contributed by atoms with E-state index in [4.69, 9.17) is 16.0 Å². The molecule has 0 amide bonds. The van der Waals surface area contributed by atoms with Gasteiger partial charge in [0.05, 0.1) is 23.8 Å². The summed E-state index contributed by atoms with van der Waals surface area (Å²) in [5.74, 6) is 1.72. The van der Waals surface area contributed by atoms with Crippen molar-refractivity contribution >= 4 is 29.0 Å². The van der Waals surface area contributed by atoms with Gasteiger partial charge in [-0.05, 0) is 134 Å². The van der Waals surface area contributed by atoms with Crippen LogP contribution in [-0.4, -0.2) is 67.6 Å². The number of aryl methyl sites for hydroxylation is 1. The maximum atomic E-state index is 13.3. The molecule has 8 aliphatic rings. The number of alkyl halides is 1. The van der Waals surface area contributed by atoms with E-state index in [0.717, 1.165) is 31.3 Å². The van der Waals surface area contributed by atoms with E-state index >= 15 is 0 Å². The van der Waals surface area contributed by atoms with Gasteiger partial charge >= 0.3 is 0 Å². The average molecular weight is 709 g/mol. The number of allylic oxidation sites excluding steroid dienone is 4. The molecule has 1 spiro atoms. The number of carbonyl (C=O) groups excluding carboxylic acids is 3. The first-order valence-electron chi connectivity index (χ1n) is 19.0. The molecule has 2 bridgehead atoms. The maximum absolute atomic E-state index is 13.3. The maximum Gasteiger partial charge on any atom is 0.190 e. The number of ketones is 3. The predicted molar refractivity (Wildman–Crippen MR) is 186 cm³/mol. The second-order valence-electron chi connectivity index (χ2n) is 18.3. The molecule has 9 heteroatoms. The lowest BCUT2D eigenvalue weighted by Crippen LogP contribution is -2.61. The molecule has 50 heavy (non-hydrogen) atoms. The molecule has 8 nitrogen and oxygen atoms in total. The van der Waals surface area contributed by atoms with E-state index in [1.165, 1.54) is 43.1 Å². The summed E-state index contributed by atoms with van der Waals surface area (Å²) in [6.45, 7) is 5.50. The highest BCUT2D eigenvalue weighted by atomic mass is 35.5. The van der Waals surface area contributed by atoms with Gasteiger partial charge in [0.2, 0.25) is 0 Å². The molecule has 0 aliphatic heterocycles. The highest BCUT2D eigenvalue weighted by Gasteiger charge is 2.69. The predicted octanol–water partition coefficient (Wildman–Crippen LogP) is 5.62. The minimum Gasteiger partial charge on any atom is -0.469 e. The summed E-state index contributed by atoms with van der Waals surface area (Å²) in [6.07, 6.45) is 17.3. The Bertz CT molecular complexity index is 1680. The molecule has 272 valence electrons. The molecule has 0 aromatic carbocycles. The fourth-order valence-corrected chi connectivity index (χ4v) is 14.6. The number of carbonyl (C=O) groups is 3. The van der Waals surface area contributed by atoms with Crippen molar-refractivity contribution in [1.82, 2.24) is 0 Å². The van der Waals surface area contributed by atoms with Crippen molar-refractivity contribution in [3.05, 3.63) is 47.5 Å². The molecule has 4 N–H and O–H groups in total. The Kier molecular flexibility index (Phi) is 8.00. The van der Waals surface area contributed by atoms with Crippen molar-refractivity contribution in [2.24, 2.45) is 51.2 Å². The SMILES string of the molecule is C[C@@]12CCc3occc3[C@H]1CC[C@@]13C[C@@H](CC[C@H]12)[C@@](O)(CO)C3.C[C@]12C=CC(=O)C=C1[C@@H](Cl)C[C@@H]1[C@@H]2C(=O)C[C@@]2(C)[C@H]1CC[C@]2(O)C(=O)CO. The molecule has 0 unspecified atom stereocenters. The van der Waals surface area contributed by atoms with Crippen molar-refractivity contribution in [3.63, 3.8) is 0 Å². The van der Waals surface area contributed by atoms with Crippen LogP contribution in [0.2, 0.25) is 0 Å². The van der Waals surface area contributed by atoms with E-state index in [1.807, 2.05) is 26.2 Å². The molecule has 6 fully saturated rings. The van der Waals surface area contributed by atoms with Gasteiger partial charge < -0.3 is 24.8 Å². The average Bonchev–Trinajstić information content (AvgIpc) is 3.72. The smallest absolute Gasteiger partial charge is 0.190 e. The molecule has 6 saturated carbocycles. The summed E-state index contributed by atoms with van der Waals surface area (Å²) < 4.78 is 5.72. The molecule has 1 aromatic rings. The third-order valence-corrected chi connectivity index (χ3v) is 16.9. The zero-order valence-corrected chi connectivity index (χ0v) is 30.4. The largest absolute Gasteiger partial charge is 0.469 e. The lowest BCUT2D eigenvalue weighted by molar-refractivity contribution is -0.168. The zero-order valence-electron chi connectivity index (χ0n) is 29.6. The Hall–Kier alpha value is -2.10. The molecule has 0 saturated heterocycles. The summed E-state index contributed by atoms with van der Waals surface area (Å²) in [6, 6.07) is 2.21. The molecule has 1 aromatic heterocycles. The van der Waals surface area contributed by atoms with Gasteiger partial charge in [-0.25, -0.2) is 0 Å². The number of hydrogen-bond donors (Lipinski definition) is 4. The number of aliphatic hydroxyl groups is 4. The quantitative estimate of drug-likeness (QED) is 0.296. The lowest BCUT2D eigenvalue weighted by Gasteiger charge is -2.59. The van der Waals surface area contributed by atoms with Crippen molar-refractivity contribution in [2.75, 3.05) is 13.2 Å². The van der Waals surface area contributed by atoms with E-state index in [1.54, 1.807) is 6.08 Å². The van der Waals surface area contributed by atoms with E-state index in [2.05, 4.69) is 13.0 Å². The van der Waals surface area contributed by atoms with Crippen molar-refractivity contribution < 1.29 is 39.2 Å². The summed E-state index contributed by atoms with van der Waals surface area (Å²) >= 11 is 6.67. The fraction of sp³-hybridized carbons (Fsp3) is 0.732. The molecule has 13 atom stereocenters. The first-order valence-corrected chi connectivity index (χ1v) is 19.4. The van der Waals surface area contributed by atoms with Crippen LogP contribution in [0.25, 0.3) is 0 Å². The Labute approximate surface area is 299 Å². The zero-order chi connectivity index (χ0) is 35.6. The van der Waals surface area contributed by atoms with Crippen LogP contribution in [-0.2, 0) is 20.8 Å². The van der Waals surface area contributed by atoms with Gasteiger partial charge in [0.15, 0.2) is 11.6 Å². The van der Waals surface area contributed by atoms with E-state index in [-0.39, 0.29) is 59.6 Å². The number of halogens is 1. The minimum absolute atomic E-state index is 0.000723. The van der Waals surface area contributed by atoms with Crippen molar-refractivity contribution in [3.8, 4) is 0 Å². The van der Waals surface area contributed by atoms with E-state index in [9.17, 15) is 34.8 Å². The van der Waals surface area contributed by atoms with Crippen LogP contribution < -0.4 is 0 Å². The van der Waals surface area contributed by atoms with Crippen LogP contribution >= 0.6 is 11.6 Å². The van der Waals surface area contributed by atoms with Gasteiger partial charge in [-0.1, -0.05) is 26.8 Å². The van der Waals surface area contributed by atoms with Gasteiger partial charge in [0.25, 0.3) is 0 Å². The third-order valence-electron chi connectivity index (χ3n) is 16.5. The Morgan fingerprint density at radius 2 is 1.82 bits per heavy atom. The van der Waals surface area contributed by atoms with Gasteiger partial charge in [0.1, 0.15) is 23.8 Å². The minimum atomic E-state index is -1.68. The normalized spacial score (nSPS) is 49.7. The van der Waals surface area contributed by atoms with Gasteiger partial charge in [-0.2, -0.15) is 0 Å².